The molecular formula is C22H21N3O3S. The van der Waals surface area contributed by atoms with E-state index in [4.69, 9.17) is 9.47 Å². The third-order valence-electron chi connectivity index (χ3n) is 4.79. The molecule has 1 amide bonds. The van der Waals surface area contributed by atoms with E-state index < -0.39 is 0 Å². The minimum absolute atomic E-state index is 0.174. The Bertz CT molecular complexity index is 1210. The molecule has 2 aromatic carbocycles. The van der Waals surface area contributed by atoms with E-state index in [2.05, 4.69) is 15.3 Å². The fourth-order valence-electron chi connectivity index (χ4n) is 3.43. The van der Waals surface area contributed by atoms with Gasteiger partial charge in [-0.25, -0.2) is 4.98 Å². The number of hydrogen-bond acceptors (Lipinski definition) is 5. The maximum Gasteiger partial charge on any atom is 0.259 e. The van der Waals surface area contributed by atoms with Crippen molar-refractivity contribution in [3.8, 4) is 22.8 Å². The molecule has 0 aliphatic heterocycles. The summed E-state index contributed by atoms with van der Waals surface area (Å²) in [6.45, 7) is 3.88. The number of H-pyrrole nitrogens is 1. The van der Waals surface area contributed by atoms with Gasteiger partial charge in [0.05, 0.1) is 25.5 Å². The second-order valence-corrected chi connectivity index (χ2v) is 7.82. The van der Waals surface area contributed by atoms with Crippen molar-refractivity contribution in [2.24, 2.45) is 0 Å². The van der Waals surface area contributed by atoms with Gasteiger partial charge in [0.2, 0.25) is 0 Å². The first kappa shape index (κ1) is 19.0. The van der Waals surface area contributed by atoms with Gasteiger partial charge in [-0.1, -0.05) is 18.2 Å². The van der Waals surface area contributed by atoms with Gasteiger partial charge in [0.15, 0.2) is 16.6 Å². The number of methoxy groups -OCH3 is 2. The lowest BCUT2D eigenvalue weighted by Gasteiger charge is -2.08. The van der Waals surface area contributed by atoms with E-state index in [1.54, 1.807) is 14.2 Å². The number of nitrogens with one attached hydrogen (secondary N) is 2. The van der Waals surface area contributed by atoms with Crippen molar-refractivity contribution in [1.82, 2.24) is 9.97 Å². The first-order valence-electron chi connectivity index (χ1n) is 9.10. The van der Waals surface area contributed by atoms with Gasteiger partial charge < -0.3 is 14.5 Å². The fourth-order valence-corrected chi connectivity index (χ4v) is 4.26. The molecule has 0 spiro atoms. The van der Waals surface area contributed by atoms with Crippen LogP contribution in [0.3, 0.4) is 0 Å². The predicted molar refractivity (Wildman–Crippen MR) is 116 cm³/mol. The molecule has 6 nitrogen and oxygen atoms in total. The number of carbonyl (C=O) groups is 1. The van der Waals surface area contributed by atoms with Crippen LogP contribution in [0.4, 0.5) is 5.13 Å². The molecule has 0 aliphatic carbocycles. The average Bonchev–Trinajstić information content (AvgIpc) is 3.25. The quantitative estimate of drug-likeness (QED) is 0.478. The average molecular weight is 407 g/mol. The van der Waals surface area contributed by atoms with Gasteiger partial charge in [-0.3, -0.25) is 10.1 Å². The summed E-state index contributed by atoms with van der Waals surface area (Å²) in [6.07, 6.45) is 0. The number of aromatic amines is 1. The van der Waals surface area contributed by atoms with Crippen LogP contribution in [-0.4, -0.2) is 30.1 Å². The molecule has 0 fully saturated rings. The van der Waals surface area contributed by atoms with Crippen LogP contribution in [0.1, 0.15) is 20.9 Å². The molecule has 0 aliphatic rings. The molecular weight excluding hydrogens is 386 g/mol. The van der Waals surface area contributed by atoms with E-state index in [1.807, 2.05) is 56.3 Å². The predicted octanol–water partition coefficient (Wildman–Crippen LogP) is 5.18. The second kappa shape index (κ2) is 7.60. The van der Waals surface area contributed by atoms with Crippen LogP contribution in [0.25, 0.3) is 22.2 Å². The van der Waals surface area contributed by atoms with Crippen LogP contribution < -0.4 is 14.8 Å². The van der Waals surface area contributed by atoms with Gasteiger partial charge in [0.25, 0.3) is 5.91 Å². The van der Waals surface area contributed by atoms with E-state index in [-0.39, 0.29) is 5.91 Å². The highest BCUT2D eigenvalue weighted by molar-refractivity contribution is 7.16. The highest BCUT2D eigenvalue weighted by Crippen LogP contribution is 2.36. The Morgan fingerprint density at radius 1 is 1.07 bits per heavy atom. The number of rotatable bonds is 5. The van der Waals surface area contributed by atoms with Crippen molar-refractivity contribution in [2.75, 3.05) is 19.5 Å². The molecule has 0 bridgehead atoms. The van der Waals surface area contributed by atoms with E-state index >= 15 is 0 Å². The number of nitrogens with zero attached hydrogens (tertiary/aromatic N) is 1. The monoisotopic (exact) mass is 407 g/mol. The van der Waals surface area contributed by atoms with E-state index in [0.717, 1.165) is 32.7 Å². The minimum atomic E-state index is -0.174. The molecule has 2 heterocycles. The Morgan fingerprint density at radius 3 is 2.59 bits per heavy atom. The number of anilines is 1. The maximum atomic E-state index is 13.0. The van der Waals surface area contributed by atoms with Crippen molar-refractivity contribution in [1.29, 1.82) is 0 Å². The van der Waals surface area contributed by atoms with E-state index in [9.17, 15) is 4.79 Å². The lowest BCUT2D eigenvalue weighted by Crippen LogP contribution is -2.12. The number of ether oxygens (including phenoxy) is 2. The SMILES string of the molecule is COc1ccc(-c2nc(NC(=O)c3c(C)[nH]c4ccccc34)sc2C)cc1OC. The summed E-state index contributed by atoms with van der Waals surface area (Å²) in [5, 5.41) is 4.41. The van der Waals surface area contributed by atoms with Gasteiger partial charge in [-0.15, -0.1) is 11.3 Å². The van der Waals surface area contributed by atoms with Crippen LogP contribution in [-0.2, 0) is 0 Å². The molecule has 4 rings (SSSR count). The summed E-state index contributed by atoms with van der Waals surface area (Å²) in [7, 11) is 3.21. The molecule has 0 atom stereocenters. The third-order valence-corrected chi connectivity index (χ3v) is 5.68. The summed E-state index contributed by atoms with van der Waals surface area (Å²) in [4.78, 5) is 21.9. The van der Waals surface area contributed by atoms with E-state index in [1.165, 1.54) is 11.3 Å². The van der Waals surface area contributed by atoms with Crippen LogP contribution in [0.15, 0.2) is 42.5 Å². The number of thiazole rings is 1. The smallest absolute Gasteiger partial charge is 0.259 e. The number of amides is 1. The molecule has 148 valence electrons. The van der Waals surface area contributed by atoms with Crippen LogP contribution >= 0.6 is 11.3 Å². The summed E-state index contributed by atoms with van der Waals surface area (Å²) in [5.41, 5.74) is 4.12. The van der Waals surface area contributed by atoms with Crippen molar-refractivity contribution in [2.45, 2.75) is 13.8 Å². The van der Waals surface area contributed by atoms with Crippen molar-refractivity contribution >= 4 is 33.3 Å². The number of aromatic nitrogens is 2. The molecule has 29 heavy (non-hydrogen) atoms. The standard InChI is InChI=1S/C22H21N3O3S/c1-12-19(15-7-5-6-8-16(15)23-12)21(26)25-22-24-20(13(2)29-22)14-9-10-17(27-3)18(11-14)28-4/h5-11,23H,1-4H3,(H,24,25,26). The number of para-hydroxylation sites is 1. The molecule has 4 aromatic rings. The number of hydrogen-bond donors (Lipinski definition) is 2. The molecule has 0 saturated carbocycles. The molecule has 2 N–H and O–H groups in total. The minimum Gasteiger partial charge on any atom is -0.493 e. The van der Waals surface area contributed by atoms with Crippen LogP contribution in [0, 0.1) is 13.8 Å². The topological polar surface area (TPSA) is 76.2 Å². The molecule has 2 aromatic heterocycles. The second-order valence-electron chi connectivity index (χ2n) is 6.62. The zero-order valence-corrected chi connectivity index (χ0v) is 17.4. The maximum absolute atomic E-state index is 13.0. The number of fused-ring (bicyclic) bond motifs is 1. The number of carbonyl (C=O) groups excluding carboxylic acids is 1. The van der Waals surface area contributed by atoms with Crippen molar-refractivity contribution < 1.29 is 14.3 Å². The number of aryl methyl sites for hydroxylation is 2. The molecule has 0 saturated heterocycles. The summed E-state index contributed by atoms with van der Waals surface area (Å²) >= 11 is 1.44. The molecule has 0 radical (unpaired) electrons. The van der Waals surface area contributed by atoms with Gasteiger partial charge in [-0.05, 0) is 38.1 Å². The zero-order valence-electron chi connectivity index (χ0n) is 16.6. The third kappa shape index (κ3) is 3.45. The Morgan fingerprint density at radius 2 is 1.83 bits per heavy atom. The van der Waals surface area contributed by atoms with Crippen molar-refractivity contribution in [3.63, 3.8) is 0 Å². The Labute approximate surface area is 172 Å². The Balaban J connectivity index is 1.65. The normalized spacial score (nSPS) is 10.9. The van der Waals surface area contributed by atoms with Gasteiger partial charge in [-0.2, -0.15) is 0 Å². The first-order chi connectivity index (χ1) is 14.0. The van der Waals surface area contributed by atoms with Crippen LogP contribution in [0.5, 0.6) is 11.5 Å². The lowest BCUT2D eigenvalue weighted by molar-refractivity contribution is 0.102. The van der Waals surface area contributed by atoms with Crippen LogP contribution in [0.2, 0.25) is 0 Å². The largest absolute Gasteiger partial charge is 0.493 e. The molecule has 7 heteroatoms. The first-order valence-corrected chi connectivity index (χ1v) is 9.92. The summed E-state index contributed by atoms with van der Waals surface area (Å²) in [5.74, 6) is 1.12. The summed E-state index contributed by atoms with van der Waals surface area (Å²) < 4.78 is 10.7. The highest BCUT2D eigenvalue weighted by atomic mass is 32.1. The van der Waals surface area contributed by atoms with Gasteiger partial charge >= 0.3 is 0 Å². The Kier molecular flexibility index (Phi) is 4.98. The Hall–Kier alpha value is -3.32. The zero-order chi connectivity index (χ0) is 20.5. The van der Waals surface area contributed by atoms with E-state index in [0.29, 0.717) is 22.2 Å². The fraction of sp³-hybridized carbons (Fsp3) is 0.182. The highest BCUT2D eigenvalue weighted by Gasteiger charge is 2.19. The van der Waals surface area contributed by atoms with Gasteiger partial charge in [0.1, 0.15) is 0 Å². The summed E-state index contributed by atoms with van der Waals surface area (Å²) in [6, 6.07) is 13.4. The lowest BCUT2D eigenvalue weighted by atomic mass is 10.1. The number of benzene rings is 2. The van der Waals surface area contributed by atoms with Gasteiger partial charge in [0, 0.05) is 27.0 Å². The molecule has 0 unspecified atom stereocenters. The van der Waals surface area contributed by atoms with Crippen molar-refractivity contribution in [3.05, 3.63) is 58.6 Å².